The van der Waals surface area contributed by atoms with Gasteiger partial charge in [-0.25, -0.2) is 4.79 Å². The van der Waals surface area contributed by atoms with E-state index in [0.717, 1.165) is 5.92 Å². The summed E-state index contributed by atoms with van der Waals surface area (Å²) in [5.41, 5.74) is 0.289. The maximum Gasteiger partial charge on any atom is 0.330 e. The van der Waals surface area contributed by atoms with Crippen molar-refractivity contribution in [2.24, 2.45) is 29.1 Å². The third-order valence-electron chi connectivity index (χ3n) is 6.12. The van der Waals surface area contributed by atoms with E-state index in [1.54, 1.807) is 0 Å². The van der Waals surface area contributed by atoms with Gasteiger partial charge < -0.3 is 4.74 Å². The van der Waals surface area contributed by atoms with Crippen molar-refractivity contribution in [2.45, 2.75) is 58.5 Å². The molecule has 2 atom stereocenters. The monoisotopic (exact) mass is 262 g/mol. The van der Waals surface area contributed by atoms with Gasteiger partial charge in [0.25, 0.3) is 0 Å². The third kappa shape index (κ3) is 1.79. The molecule has 4 rings (SSSR count). The van der Waals surface area contributed by atoms with Crippen LogP contribution in [-0.4, -0.2) is 11.6 Å². The zero-order chi connectivity index (χ0) is 13.8. The molecule has 106 valence electrons. The fourth-order valence-corrected chi connectivity index (χ4v) is 5.83. The Morgan fingerprint density at radius 3 is 2.26 bits per heavy atom. The van der Waals surface area contributed by atoms with Crippen molar-refractivity contribution >= 4 is 5.97 Å². The minimum atomic E-state index is -0.230. The topological polar surface area (TPSA) is 26.3 Å². The number of carbonyl (C=O) groups is 1. The number of rotatable bonds is 3. The molecule has 0 N–H and O–H groups in total. The highest BCUT2D eigenvalue weighted by atomic mass is 16.6. The standard InChI is InChI=1S/C17H26O2/c1-5-15(18)19-17(11(2)3)13-6-12-7-14(17)10-16(4,8-12)9-13/h5,11-14H,1,6-10H2,2-4H3. The third-order valence-corrected chi connectivity index (χ3v) is 6.12. The maximum absolute atomic E-state index is 11.9. The predicted octanol–water partition coefficient (Wildman–Crippen LogP) is 3.96. The van der Waals surface area contributed by atoms with E-state index < -0.39 is 0 Å². The molecular formula is C17H26O2. The van der Waals surface area contributed by atoms with Crippen molar-refractivity contribution in [3.8, 4) is 0 Å². The predicted molar refractivity (Wildman–Crippen MR) is 75.5 cm³/mol. The molecule has 4 aliphatic rings. The zero-order valence-corrected chi connectivity index (χ0v) is 12.4. The second kappa shape index (κ2) is 4.10. The van der Waals surface area contributed by atoms with Gasteiger partial charge in [0.2, 0.25) is 0 Å². The first-order valence-corrected chi connectivity index (χ1v) is 7.75. The molecule has 0 spiro atoms. The van der Waals surface area contributed by atoms with Crippen molar-refractivity contribution in [2.75, 3.05) is 0 Å². The van der Waals surface area contributed by atoms with E-state index in [-0.39, 0.29) is 11.6 Å². The first kappa shape index (κ1) is 13.2. The first-order chi connectivity index (χ1) is 8.89. The van der Waals surface area contributed by atoms with Crippen LogP contribution in [0, 0.1) is 29.1 Å². The highest BCUT2D eigenvalue weighted by Crippen LogP contribution is 2.66. The van der Waals surface area contributed by atoms with Gasteiger partial charge >= 0.3 is 5.97 Å². The second-order valence-corrected chi connectivity index (χ2v) is 7.79. The molecule has 4 fully saturated rings. The molecular weight excluding hydrogens is 236 g/mol. The lowest BCUT2D eigenvalue weighted by atomic mass is 9.43. The van der Waals surface area contributed by atoms with E-state index in [2.05, 4.69) is 27.4 Å². The summed E-state index contributed by atoms with van der Waals surface area (Å²) in [4.78, 5) is 11.9. The molecule has 0 aromatic carbocycles. The van der Waals surface area contributed by atoms with E-state index in [9.17, 15) is 4.79 Å². The summed E-state index contributed by atoms with van der Waals surface area (Å²) in [5, 5.41) is 0. The fourth-order valence-electron chi connectivity index (χ4n) is 5.83. The molecule has 0 aliphatic heterocycles. The number of esters is 1. The molecule has 0 amide bonds. The Bertz CT molecular complexity index is 393. The highest BCUT2D eigenvalue weighted by Gasteiger charge is 2.63. The van der Waals surface area contributed by atoms with E-state index in [0.29, 0.717) is 23.2 Å². The van der Waals surface area contributed by atoms with Gasteiger partial charge in [-0.1, -0.05) is 27.4 Å². The minimum Gasteiger partial charge on any atom is -0.455 e. The molecule has 2 heteroatoms. The molecule has 2 unspecified atom stereocenters. The van der Waals surface area contributed by atoms with Crippen LogP contribution in [0.1, 0.15) is 52.9 Å². The molecule has 4 aliphatic carbocycles. The quantitative estimate of drug-likeness (QED) is 0.568. The van der Waals surface area contributed by atoms with Crippen LogP contribution in [0.25, 0.3) is 0 Å². The SMILES string of the molecule is C=CC(=O)OC1(C(C)C)C2CC3CC1CC(C)(C3)C2. The van der Waals surface area contributed by atoms with Crippen LogP contribution < -0.4 is 0 Å². The summed E-state index contributed by atoms with van der Waals surface area (Å²) >= 11 is 0. The Morgan fingerprint density at radius 2 is 1.84 bits per heavy atom. The van der Waals surface area contributed by atoms with Gasteiger partial charge in [-0.3, -0.25) is 0 Å². The highest BCUT2D eigenvalue weighted by molar-refractivity contribution is 5.81. The van der Waals surface area contributed by atoms with Gasteiger partial charge in [0.05, 0.1) is 0 Å². The van der Waals surface area contributed by atoms with Gasteiger partial charge in [-0.15, -0.1) is 0 Å². The molecule has 2 nitrogen and oxygen atoms in total. The molecule has 0 aromatic rings. The summed E-state index contributed by atoms with van der Waals surface area (Å²) in [6.07, 6.45) is 7.72. The molecule has 0 radical (unpaired) electrons. The lowest BCUT2D eigenvalue weighted by molar-refractivity contribution is -0.235. The Balaban J connectivity index is 1.97. The molecule has 19 heavy (non-hydrogen) atoms. The van der Waals surface area contributed by atoms with Gasteiger partial charge in [-0.05, 0) is 49.4 Å². The largest absolute Gasteiger partial charge is 0.455 e. The van der Waals surface area contributed by atoms with Crippen molar-refractivity contribution in [3.63, 3.8) is 0 Å². The Morgan fingerprint density at radius 1 is 1.26 bits per heavy atom. The van der Waals surface area contributed by atoms with Crippen LogP contribution in [0.2, 0.25) is 0 Å². The second-order valence-electron chi connectivity index (χ2n) is 7.79. The van der Waals surface area contributed by atoms with Crippen LogP contribution in [0.5, 0.6) is 0 Å². The number of carbonyl (C=O) groups excluding carboxylic acids is 1. The first-order valence-electron chi connectivity index (χ1n) is 7.75. The summed E-state index contributed by atoms with van der Waals surface area (Å²) in [6.45, 7) is 10.5. The number of hydrogen-bond acceptors (Lipinski definition) is 2. The van der Waals surface area contributed by atoms with Crippen LogP contribution >= 0.6 is 0 Å². The molecule has 4 saturated carbocycles. The molecule has 4 bridgehead atoms. The van der Waals surface area contributed by atoms with Gasteiger partial charge in [0.1, 0.15) is 5.60 Å². The van der Waals surface area contributed by atoms with Crippen LogP contribution in [0.4, 0.5) is 0 Å². The van der Waals surface area contributed by atoms with E-state index in [1.807, 2.05) is 0 Å². The lowest BCUT2D eigenvalue weighted by Crippen LogP contribution is -2.64. The summed E-state index contributed by atoms with van der Waals surface area (Å²) in [6, 6.07) is 0. The van der Waals surface area contributed by atoms with Gasteiger partial charge in [0.15, 0.2) is 0 Å². The Kier molecular flexibility index (Phi) is 2.85. The lowest BCUT2D eigenvalue weighted by Gasteiger charge is -2.65. The average molecular weight is 262 g/mol. The van der Waals surface area contributed by atoms with Crippen molar-refractivity contribution in [1.82, 2.24) is 0 Å². The van der Waals surface area contributed by atoms with Crippen LogP contribution in [-0.2, 0) is 9.53 Å². The maximum atomic E-state index is 11.9. The Hall–Kier alpha value is -0.790. The summed E-state index contributed by atoms with van der Waals surface area (Å²) < 4.78 is 6.01. The normalized spacial score (nSPS) is 47.5. The van der Waals surface area contributed by atoms with Crippen molar-refractivity contribution in [3.05, 3.63) is 12.7 Å². The zero-order valence-electron chi connectivity index (χ0n) is 12.4. The average Bonchev–Trinajstić information content (AvgIpc) is 2.31. The van der Waals surface area contributed by atoms with Gasteiger partial charge in [0, 0.05) is 17.9 Å². The van der Waals surface area contributed by atoms with E-state index >= 15 is 0 Å². The van der Waals surface area contributed by atoms with Crippen molar-refractivity contribution in [1.29, 1.82) is 0 Å². The van der Waals surface area contributed by atoms with E-state index in [4.69, 9.17) is 4.74 Å². The van der Waals surface area contributed by atoms with Crippen molar-refractivity contribution < 1.29 is 9.53 Å². The minimum absolute atomic E-state index is 0.221. The Labute approximate surface area is 116 Å². The summed E-state index contributed by atoms with van der Waals surface area (Å²) in [7, 11) is 0. The fraction of sp³-hybridized carbons (Fsp3) is 0.824. The smallest absolute Gasteiger partial charge is 0.330 e. The summed E-state index contributed by atoms with van der Waals surface area (Å²) in [5.74, 6) is 2.17. The molecule has 0 aromatic heterocycles. The molecule has 0 heterocycles. The molecule has 0 saturated heterocycles. The van der Waals surface area contributed by atoms with E-state index in [1.165, 1.54) is 38.2 Å². The number of ether oxygens (including phenoxy) is 1. The number of hydrogen-bond donors (Lipinski definition) is 0. The van der Waals surface area contributed by atoms with Crippen LogP contribution in [0.15, 0.2) is 12.7 Å². The van der Waals surface area contributed by atoms with Crippen LogP contribution in [0.3, 0.4) is 0 Å². The van der Waals surface area contributed by atoms with Gasteiger partial charge in [-0.2, -0.15) is 0 Å².